The summed E-state index contributed by atoms with van der Waals surface area (Å²) in [6.07, 6.45) is -3.48. The molecule has 1 aliphatic rings. The van der Waals surface area contributed by atoms with Gasteiger partial charge in [0.15, 0.2) is 0 Å². The number of nitrogen functional groups attached to an aromatic ring is 1. The van der Waals surface area contributed by atoms with Crippen molar-refractivity contribution in [1.29, 1.82) is 0 Å². The van der Waals surface area contributed by atoms with Crippen molar-refractivity contribution in [2.45, 2.75) is 12.7 Å². The predicted molar refractivity (Wildman–Crippen MR) is 142 cm³/mol. The molecule has 0 saturated carbocycles. The van der Waals surface area contributed by atoms with Crippen molar-refractivity contribution in [3.8, 4) is 21.7 Å². The molecule has 10 heteroatoms. The fourth-order valence-corrected chi connectivity index (χ4v) is 5.54. The molecule has 0 unspecified atom stereocenters. The third-order valence-electron chi connectivity index (χ3n) is 6.66. The highest BCUT2D eigenvalue weighted by molar-refractivity contribution is 7.13. The Morgan fingerprint density at radius 1 is 1.16 bits per heavy atom. The molecule has 190 valence electrons. The molecule has 0 bridgehead atoms. The number of H-pyrrole nitrogens is 1. The van der Waals surface area contributed by atoms with Crippen LogP contribution in [0.3, 0.4) is 0 Å². The van der Waals surface area contributed by atoms with E-state index in [9.17, 15) is 18.0 Å². The smallest absolute Gasteiger partial charge is 0.398 e. The molecule has 0 radical (unpaired) electrons. The first kappa shape index (κ1) is 23.9. The Kier molecular flexibility index (Phi) is 5.57. The Hall–Kier alpha value is -4.44. The fourth-order valence-electron chi connectivity index (χ4n) is 4.81. The molecular formula is C28H20F3N5OS. The van der Waals surface area contributed by atoms with Gasteiger partial charge < -0.3 is 10.6 Å². The van der Waals surface area contributed by atoms with Crippen LogP contribution in [0.25, 0.3) is 38.2 Å². The number of amides is 1. The van der Waals surface area contributed by atoms with Crippen LogP contribution in [-0.4, -0.2) is 32.5 Å². The van der Waals surface area contributed by atoms with E-state index in [0.29, 0.717) is 16.8 Å². The van der Waals surface area contributed by atoms with Crippen molar-refractivity contribution in [2.75, 3.05) is 12.3 Å². The zero-order valence-electron chi connectivity index (χ0n) is 19.8. The second-order valence-electron chi connectivity index (χ2n) is 9.06. The normalized spacial score (nSPS) is 13.3. The summed E-state index contributed by atoms with van der Waals surface area (Å²) in [5.74, 6) is -0.283. The maximum absolute atomic E-state index is 13.4. The minimum absolute atomic E-state index is 0.0526. The van der Waals surface area contributed by atoms with E-state index in [-0.39, 0.29) is 24.6 Å². The number of nitrogens with one attached hydrogen (secondary N) is 1. The van der Waals surface area contributed by atoms with Crippen LogP contribution in [0.15, 0.2) is 72.8 Å². The van der Waals surface area contributed by atoms with Gasteiger partial charge in [0.1, 0.15) is 11.4 Å². The zero-order chi connectivity index (χ0) is 26.6. The average molecular weight is 532 g/mol. The highest BCUT2D eigenvalue weighted by Crippen LogP contribution is 2.39. The van der Waals surface area contributed by atoms with E-state index in [1.807, 2.05) is 41.8 Å². The summed E-state index contributed by atoms with van der Waals surface area (Å²) in [5, 5.41) is 10.5. The summed E-state index contributed by atoms with van der Waals surface area (Å²) in [6.45, 7) is 4.25. The quantitative estimate of drug-likeness (QED) is 0.250. The Morgan fingerprint density at radius 2 is 2.00 bits per heavy atom. The second-order valence-corrected chi connectivity index (χ2v) is 10.0. The number of nitrogens with zero attached hydrogens (tertiary/aromatic N) is 3. The first-order valence-electron chi connectivity index (χ1n) is 11.6. The molecule has 1 aliphatic heterocycles. The average Bonchev–Trinajstić information content (AvgIpc) is 3.63. The standard InChI is InChI=1S/C28H20F3N5OS/c1-15(16-8-9-33-24(12-16)28(29,30)31)13-36-14-20-18(5-6-21(32)25(20)27(36)37)17-4-7-22-19(11-17)26(35-34-22)23-3-2-10-38-23/h2-12H,1,13-14,32H2,(H,34,35). The highest BCUT2D eigenvalue weighted by Gasteiger charge is 2.34. The van der Waals surface area contributed by atoms with Crippen molar-refractivity contribution in [1.82, 2.24) is 20.1 Å². The lowest BCUT2D eigenvalue weighted by atomic mass is 9.94. The van der Waals surface area contributed by atoms with Gasteiger partial charge in [0, 0.05) is 30.4 Å². The van der Waals surface area contributed by atoms with Gasteiger partial charge >= 0.3 is 6.18 Å². The number of alkyl halides is 3. The molecule has 5 aromatic rings. The van der Waals surface area contributed by atoms with E-state index in [4.69, 9.17) is 5.73 Å². The van der Waals surface area contributed by atoms with Crippen molar-refractivity contribution in [3.05, 3.63) is 95.1 Å². The molecule has 6 nitrogen and oxygen atoms in total. The Bertz CT molecular complexity index is 1720. The van der Waals surface area contributed by atoms with Crippen molar-refractivity contribution < 1.29 is 18.0 Å². The van der Waals surface area contributed by atoms with Crippen LogP contribution >= 0.6 is 11.3 Å². The van der Waals surface area contributed by atoms with Gasteiger partial charge in [-0.25, -0.2) is 0 Å². The lowest BCUT2D eigenvalue weighted by Gasteiger charge is -2.18. The summed E-state index contributed by atoms with van der Waals surface area (Å²) in [7, 11) is 0. The molecule has 3 N–H and O–H groups in total. The van der Waals surface area contributed by atoms with Crippen LogP contribution in [-0.2, 0) is 12.7 Å². The summed E-state index contributed by atoms with van der Waals surface area (Å²) in [5.41, 5.74) is 10.9. The number of aromatic amines is 1. The zero-order valence-corrected chi connectivity index (χ0v) is 20.7. The fraction of sp³-hybridized carbons (Fsp3) is 0.107. The van der Waals surface area contributed by atoms with Crippen LogP contribution in [0, 0.1) is 0 Å². The number of thiophene rings is 1. The lowest BCUT2D eigenvalue weighted by molar-refractivity contribution is -0.141. The molecular weight excluding hydrogens is 511 g/mol. The van der Waals surface area contributed by atoms with Gasteiger partial charge in [-0.1, -0.05) is 24.8 Å². The number of carbonyl (C=O) groups excluding carboxylic acids is 1. The maximum Gasteiger partial charge on any atom is 0.433 e. The Balaban J connectivity index is 1.34. The van der Waals surface area contributed by atoms with Gasteiger partial charge in [-0.05, 0) is 69.6 Å². The third kappa shape index (κ3) is 4.03. The van der Waals surface area contributed by atoms with Crippen LogP contribution in [0.2, 0.25) is 0 Å². The predicted octanol–water partition coefficient (Wildman–Crippen LogP) is 6.62. The molecule has 38 heavy (non-hydrogen) atoms. The molecule has 0 saturated heterocycles. The number of aromatic nitrogens is 3. The van der Waals surface area contributed by atoms with Gasteiger partial charge in [0.2, 0.25) is 0 Å². The van der Waals surface area contributed by atoms with E-state index < -0.39 is 11.9 Å². The minimum atomic E-state index is -4.57. The number of benzene rings is 2. The van der Waals surface area contributed by atoms with Crippen molar-refractivity contribution in [2.24, 2.45) is 0 Å². The number of hydrogen-bond donors (Lipinski definition) is 2. The molecule has 6 rings (SSSR count). The highest BCUT2D eigenvalue weighted by atomic mass is 32.1. The molecule has 0 atom stereocenters. The van der Waals surface area contributed by atoms with E-state index in [2.05, 4.69) is 21.8 Å². The van der Waals surface area contributed by atoms with Crippen LogP contribution < -0.4 is 5.73 Å². The first-order chi connectivity index (χ1) is 18.2. The molecule has 3 aromatic heterocycles. The number of anilines is 1. The summed E-state index contributed by atoms with van der Waals surface area (Å²) < 4.78 is 39.4. The topological polar surface area (TPSA) is 87.9 Å². The first-order valence-corrected chi connectivity index (χ1v) is 12.5. The van der Waals surface area contributed by atoms with E-state index in [0.717, 1.165) is 50.4 Å². The number of halogens is 3. The maximum atomic E-state index is 13.4. The Labute approximate surface area is 219 Å². The van der Waals surface area contributed by atoms with Gasteiger partial charge in [0.05, 0.1) is 16.0 Å². The van der Waals surface area contributed by atoms with E-state index in [1.54, 1.807) is 22.3 Å². The summed E-state index contributed by atoms with van der Waals surface area (Å²) in [4.78, 5) is 19.4. The molecule has 0 spiro atoms. The van der Waals surface area contributed by atoms with Crippen molar-refractivity contribution in [3.63, 3.8) is 0 Å². The van der Waals surface area contributed by atoms with Gasteiger partial charge in [-0.2, -0.15) is 18.3 Å². The molecule has 1 amide bonds. The SMILES string of the molecule is C=C(CN1Cc2c(-c3ccc4[nH]nc(-c5cccs5)c4c3)ccc(N)c2C1=O)c1ccnc(C(F)(F)F)c1. The second kappa shape index (κ2) is 8.84. The van der Waals surface area contributed by atoms with Gasteiger partial charge in [-0.15, -0.1) is 11.3 Å². The number of nitrogens with two attached hydrogens (primary N) is 1. The largest absolute Gasteiger partial charge is 0.433 e. The lowest BCUT2D eigenvalue weighted by Crippen LogP contribution is -2.26. The number of pyridine rings is 1. The number of fused-ring (bicyclic) bond motifs is 2. The monoisotopic (exact) mass is 531 g/mol. The van der Waals surface area contributed by atoms with Gasteiger partial charge in [-0.3, -0.25) is 14.9 Å². The van der Waals surface area contributed by atoms with Crippen LogP contribution in [0.1, 0.15) is 27.2 Å². The number of carbonyl (C=O) groups is 1. The molecule has 0 fully saturated rings. The summed E-state index contributed by atoms with van der Waals surface area (Å²) in [6, 6.07) is 16.0. The van der Waals surface area contributed by atoms with E-state index in [1.165, 1.54) is 6.07 Å². The number of hydrogen-bond acceptors (Lipinski definition) is 5. The molecule has 4 heterocycles. The Morgan fingerprint density at radius 3 is 2.76 bits per heavy atom. The number of rotatable bonds is 5. The van der Waals surface area contributed by atoms with Crippen LogP contribution in [0.4, 0.5) is 18.9 Å². The van der Waals surface area contributed by atoms with Crippen LogP contribution in [0.5, 0.6) is 0 Å². The molecule has 2 aromatic carbocycles. The van der Waals surface area contributed by atoms with E-state index >= 15 is 0 Å². The third-order valence-corrected chi connectivity index (χ3v) is 7.54. The minimum Gasteiger partial charge on any atom is -0.398 e. The summed E-state index contributed by atoms with van der Waals surface area (Å²) >= 11 is 1.60. The van der Waals surface area contributed by atoms with Crippen molar-refractivity contribution >= 4 is 39.4 Å². The van der Waals surface area contributed by atoms with Gasteiger partial charge in [0.25, 0.3) is 5.91 Å². The molecule has 0 aliphatic carbocycles.